The quantitative estimate of drug-likeness (QED) is 0.199. The fraction of sp³-hybridized carbons (Fsp3) is 0.737. The third-order valence-corrected chi connectivity index (χ3v) is 3.88. The first-order chi connectivity index (χ1) is 14.0. The van der Waals surface area contributed by atoms with Gasteiger partial charge >= 0.3 is 0 Å². The van der Waals surface area contributed by atoms with Crippen molar-refractivity contribution >= 4 is 29.5 Å². The van der Waals surface area contributed by atoms with Crippen molar-refractivity contribution < 1.29 is 24.0 Å². The van der Waals surface area contributed by atoms with Crippen LogP contribution >= 0.6 is 0 Å². The minimum absolute atomic E-state index is 0.0613. The predicted octanol–water partition coefficient (Wildman–Crippen LogP) is -2.00. The first-order valence-electron chi connectivity index (χ1n) is 10.1. The first kappa shape index (κ1) is 27.3. The van der Waals surface area contributed by atoms with Gasteiger partial charge in [0.2, 0.25) is 29.5 Å². The highest BCUT2D eigenvalue weighted by molar-refractivity contribution is 5.93. The molecule has 0 saturated heterocycles. The smallest absolute Gasteiger partial charge is 0.243 e. The molecule has 0 aromatic carbocycles. The van der Waals surface area contributed by atoms with Crippen molar-refractivity contribution in [3.05, 3.63) is 0 Å². The van der Waals surface area contributed by atoms with Gasteiger partial charge in [0, 0.05) is 6.04 Å². The molecular weight excluding hydrogens is 392 g/mol. The molecule has 11 heteroatoms. The Labute approximate surface area is 177 Å². The molecule has 0 bridgehead atoms. The van der Waals surface area contributed by atoms with Crippen LogP contribution in [0.15, 0.2) is 0 Å². The lowest BCUT2D eigenvalue weighted by Crippen LogP contribution is -2.56. The molecule has 0 aromatic rings. The molecule has 5 amide bonds. The van der Waals surface area contributed by atoms with Gasteiger partial charge in [0.15, 0.2) is 0 Å². The zero-order valence-electron chi connectivity index (χ0n) is 18.7. The van der Waals surface area contributed by atoms with E-state index in [0.29, 0.717) is 6.54 Å². The van der Waals surface area contributed by atoms with Crippen LogP contribution in [0.4, 0.5) is 0 Å². The average molecular weight is 429 g/mol. The molecule has 2 atom stereocenters. The van der Waals surface area contributed by atoms with Gasteiger partial charge < -0.3 is 31.9 Å². The minimum Gasteiger partial charge on any atom is -0.352 e. The normalized spacial score (nSPS) is 12.7. The lowest BCUT2D eigenvalue weighted by atomic mass is 10.0. The van der Waals surface area contributed by atoms with Gasteiger partial charge in [-0.2, -0.15) is 0 Å². The SMILES string of the molecule is CCNCC(=O)NCC(=O)NCC(=O)N[C@H](C(=O)N[C@@H](C)C(=O)NC(C)C)C(C)C. The molecule has 0 radical (unpaired) electrons. The van der Waals surface area contributed by atoms with E-state index in [4.69, 9.17) is 0 Å². The highest BCUT2D eigenvalue weighted by Crippen LogP contribution is 2.02. The number of carbonyl (C=O) groups excluding carboxylic acids is 5. The lowest BCUT2D eigenvalue weighted by molar-refractivity contribution is -0.133. The molecule has 0 aliphatic carbocycles. The Morgan fingerprint density at radius 3 is 1.70 bits per heavy atom. The molecule has 0 unspecified atom stereocenters. The summed E-state index contributed by atoms with van der Waals surface area (Å²) in [6.07, 6.45) is 0. The largest absolute Gasteiger partial charge is 0.352 e. The number of amides is 5. The van der Waals surface area contributed by atoms with Gasteiger partial charge in [-0.3, -0.25) is 24.0 Å². The topological polar surface area (TPSA) is 158 Å². The summed E-state index contributed by atoms with van der Waals surface area (Å²) in [6, 6.07) is -1.69. The molecule has 30 heavy (non-hydrogen) atoms. The second-order valence-corrected chi connectivity index (χ2v) is 7.52. The van der Waals surface area contributed by atoms with Crippen molar-refractivity contribution in [2.45, 2.75) is 59.7 Å². The van der Waals surface area contributed by atoms with Gasteiger partial charge in [-0.15, -0.1) is 0 Å². The maximum absolute atomic E-state index is 12.5. The van der Waals surface area contributed by atoms with Gasteiger partial charge in [-0.25, -0.2) is 0 Å². The summed E-state index contributed by atoms with van der Waals surface area (Å²) in [5.41, 5.74) is 0. The predicted molar refractivity (Wildman–Crippen MR) is 112 cm³/mol. The molecule has 0 aromatic heterocycles. The maximum atomic E-state index is 12.5. The van der Waals surface area contributed by atoms with Gasteiger partial charge in [0.1, 0.15) is 12.1 Å². The average Bonchev–Trinajstić information content (AvgIpc) is 2.66. The van der Waals surface area contributed by atoms with Crippen LogP contribution in [-0.2, 0) is 24.0 Å². The Morgan fingerprint density at radius 1 is 0.667 bits per heavy atom. The Kier molecular flexibility index (Phi) is 13.0. The third kappa shape index (κ3) is 12.0. The fourth-order valence-corrected chi connectivity index (χ4v) is 2.26. The molecule has 0 fully saturated rings. The van der Waals surface area contributed by atoms with Crippen LogP contribution in [0.1, 0.15) is 41.5 Å². The third-order valence-electron chi connectivity index (χ3n) is 3.88. The summed E-state index contributed by atoms with van der Waals surface area (Å²) in [5.74, 6) is -2.48. The van der Waals surface area contributed by atoms with Crippen LogP contribution in [0.2, 0.25) is 0 Å². The second-order valence-electron chi connectivity index (χ2n) is 7.52. The standard InChI is InChI=1S/C19H36N6O5/c1-7-20-8-14(26)21-9-15(27)22-10-16(28)25-17(11(2)3)19(30)24-13(6)18(29)23-12(4)5/h11-13,17,20H,7-10H2,1-6H3,(H,21,26)(H,22,27)(H,23,29)(H,24,30)(H,25,28)/t13-,17-/m0/s1. The number of carbonyl (C=O) groups is 5. The molecule has 0 rings (SSSR count). The molecular formula is C19H36N6O5. The van der Waals surface area contributed by atoms with Crippen molar-refractivity contribution in [2.75, 3.05) is 26.2 Å². The van der Waals surface area contributed by atoms with E-state index < -0.39 is 29.8 Å². The van der Waals surface area contributed by atoms with Crippen LogP contribution in [-0.4, -0.2) is 73.8 Å². The van der Waals surface area contributed by atoms with E-state index in [1.807, 2.05) is 20.8 Å². The van der Waals surface area contributed by atoms with Gasteiger partial charge in [-0.05, 0) is 33.2 Å². The maximum Gasteiger partial charge on any atom is 0.243 e. The molecule has 0 aliphatic rings. The van der Waals surface area contributed by atoms with Gasteiger partial charge in [-0.1, -0.05) is 20.8 Å². The fourth-order valence-electron chi connectivity index (χ4n) is 2.26. The van der Waals surface area contributed by atoms with Crippen molar-refractivity contribution in [1.29, 1.82) is 0 Å². The molecule has 11 nitrogen and oxygen atoms in total. The van der Waals surface area contributed by atoms with Crippen LogP contribution in [0.3, 0.4) is 0 Å². The summed E-state index contributed by atoms with van der Waals surface area (Å²) < 4.78 is 0. The molecule has 6 N–H and O–H groups in total. The number of hydrogen-bond donors (Lipinski definition) is 6. The van der Waals surface area contributed by atoms with E-state index in [-0.39, 0.29) is 43.4 Å². The number of nitrogens with one attached hydrogen (secondary N) is 6. The monoisotopic (exact) mass is 428 g/mol. The summed E-state index contributed by atoms with van der Waals surface area (Å²) >= 11 is 0. The molecule has 0 saturated carbocycles. The Morgan fingerprint density at radius 2 is 1.20 bits per heavy atom. The van der Waals surface area contributed by atoms with E-state index in [2.05, 4.69) is 31.9 Å². The highest BCUT2D eigenvalue weighted by Gasteiger charge is 2.27. The van der Waals surface area contributed by atoms with E-state index in [0.717, 1.165) is 0 Å². The van der Waals surface area contributed by atoms with E-state index in [1.165, 1.54) is 0 Å². The van der Waals surface area contributed by atoms with Crippen molar-refractivity contribution in [3.63, 3.8) is 0 Å². The number of hydrogen-bond acceptors (Lipinski definition) is 6. The number of rotatable bonds is 13. The van der Waals surface area contributed by atoms with Gasteiger partial charge in [0.25, 0.3) is 0 Å². The Bertz CT molecular complexity index is 608. The van der Waals surface area contributed by atoms with E-state index in [9.17, 15) is 24.0 Å². The zero-order chi connectivity index (χ0) is 23.3. The Balaban J connectivity index is 4.51. The molecule has 172 valence electrons. The van der Waals surface area contributed by atoms with Crippen LogP contribution in [0.5, 0.6) is 0 Å². The van der Waals surface area contributed by atoms with Crippen LogP contribution in [0.25, 0.3) is 0 Å². The summed E-state index contributed by atoms with van der Waals surface area (Å²) in [4.78, 5) is 59.7. The summed E-state index contributed by atoms with van der Waals surface area (Å²) in [7, 11) is 0. The first-order valence-corrected chi connectivity index (χ1v) is 10.1. The summed E-state index contributed by atoms with van der Waals surface area (Å²) in [5, 5.41) is 15.4. The Hall–Kier alpha value is -2.69. The van der Waals surface area contributed by atoms with Crippen LogP contribution < -0.4 is 31.9 Å². The number of likely N-dealkylation sites (N-methyl/N-ethyl adjacent to an activating group) is 1. The van der Waals surface area contributed by atoms with Crippen molar-refractivity contribution in [1.82, 2.24) is 31.9 Å². The zero-order valence-corrected chi connectivity index (χ0v) is 18.7. The van der Waals surface area contributed by atoms with E-state index in [1.54, 1.807) is 20.8 Å². The van der Waals surface area contributed by atoms with Crippen molar-refractivity contribution in [3.8, 4) is 0 Å². The minimum atomic E-state index is -0.872. The lowest BCUT2D eigenvalue weighted by Gasteiger charge is -2.24. The van der Waals surface area contributed by atoms with Gasteiger partial charge in [0.05, 0.1) is 19.6 Å². The highest BCUT2D eigenvalue weighted by atomic mass is 16.2. The second kappa shape index (κ2) is 14.3. The van der Waals surface area contributed by atoms with E-state index >= 15 is 0 Å². The molecule has 0 aliphatic heterocycles. The summed E-state index contributed by atoms with van der Waals surface area (Å²) in [6.45, 7) is 10.7. The van der Waals surface area contributed by atoms with Crippen molar-refractivity contribution in [2.24, 2.45) is 5.92 Å². The van der Waals surface area contributed by atoms with Crippen LogP contribution in [0, 0.1) is 5.92 Å². The molecule has 0 spiro atoms. The molecule has 0 heterocycles.